The maximum atomic E-state index is 12.7. The molecule has 0 heterocycles. The molecule has 2 aromatic rings. The third kappa shape index (κ3) is 4.87. The number of likely N-dealkylation sites (N-methyl/N-ethyl adjacent to an activating group) is 1. The molecule has 1 N–H and O–H groups in total. The quantitative estimate of drug-likeness (QED) is 0.820. The second-order valence-corrected chi connectivity index (χ2v) is 6.30. The number of hydrogen-bond donors (Lipinski definition) is 1. The minimum atomic E-state index is -0.224. The normalized spacial score (nSPS) is 11.9. The fraction of sp³-hybridized carbons (Fsp3) is 0.316. The molecule has 0 saturated carbocycles. The van der Waals surface area contributed by atoms with Crippen molar-refractivity contribution in [2.45, 2.75) is 6.04 Å². The van der Waals surface area contributed by atoms with E-state index in [1.807, 2.05) is 49.3 Å². The summed E-state index contributed by atoms with van der Waals surface area (Å²) >= 11 is 6.20. The number of ether oxygens (including phenoxy) is 2. The zero-order chi connectivity index (χ0) is 18.4. The van der Waals surface area contributed by atoms with E-state index in [0.717, 1.165) is 5.56 Å². The van der Waals surface area contributed by atoms with Crippen molar-refractivity contribution in [3.63, 3.8) is 0 Å². The zero-order valence-corrected chi connectivity index (χ0v) is 15.6. The van der Waals surface area contributed by atoms with Gasteiger partial charge in [-0.15, -0.1) is 0 Å². The summed E-state index contributed by atoms with van der Waals surface area (Å²) in [6.45, 7) is 0.677. The van der Waals surface area contributed by atoms with Crippen LogP contribution in [0, 0.1) is 0 Å². The molecule has 0 saturated heterocycles. The van der Waals surface area contributed by atoms with Gasteiger partial charge in [0, 0.05) is 12.1 Å². The van der Waals surface area contributed by atoms with Crippen molar-refractivity contribution in [2.75, 3.05) is 34.9 Å². The van der Waals surface area contributed by atoms with Crippen LogP contribution in [-0.2, 0) is 0 Å². The number of halogens is 1. The van der Waals surface area contributed by atoms with Crippen molar-refractivity contribution in [1.29, 1.82) is 0 Å². The van der Waals surface area contributed by atoms with Crippen molar-refractivity contribution in [3.8, 4) is 11.5 Å². The number of nitrogens with one attached hydrogen (secondary N) is 1. The first-order valence-corrected chi connectivity index (χ1v) is 8.26. The molecule has 0 aromatic heterocycles. The summed E-state index contributed by atoms with van der Waals surface area (Å²) in [6, 6.07) is 12.9. The maximum Gasteiger partial charge on any atom is 0.252 e. The van der Waals surface area contributed by atoms with Crippen LogP contribution in [0.25, 0.3) is 0 Å². The van der Waals surface area contributed by atoms with E-state index >= 15 is 0 Å². The van der Waals surface area contributed by atoms with Crippen LogP contribution in [0.15, 0.2) is 42.5 Å². The molecule has 0 aliphatic heterocycles. The van der Waals surface area contributed by atoms with Gasteiger partial charge >= 0.3 is 0 Å². The summed E-state index contributed by atoms with van der Waals surface area (Å²) in [5.41, 5.74) is 1.46. The SMILES string of the molecule is COc1cc(C(=O)N[C@@H](CN(C)C)c2ccccc2)cc(Cl)c1OC. The first-order chi connectivity index (χ1) is 12.0. The highest BCUT2D eigenvalue weighted by Gasteiger charge is 2.19. The van der Waals surface area contributed by atoms with E-state index in [2.05, 4.69) is 5.32 Å². The van der Waals surface area contributed by atoms with Crippen LogP contribution in [-0.4, -0.2) is 45.7 Å². The Labute approximate surface area is 153 Å². The third-order valence-corrected chi connectivity index (χ3v) is 4.03. The van der Waals surface area contributed by atoms with Gasteiger partial charge in [-0.25, -0.2) is 0 Å². The first-order valence-electron chi connectivity index (χ1n) is 7.88. The largest absolute Gasteiger partial charge is 0.493 e. The Bertz CT molecular complexity index is 720. The van der Waals surface area contributed by atoms with Crippen LogP contribution in [0.1, 0.15) is 22.0 Å². The summed E-state index contributed by atoms with van der Waals surface area (Å²) in [6.07, 6.45) is 0. The van der Waals surface area contributed by atoms with E-state index in [4.69, 9.17) is 21.1 Å². The van der Waals surface area contributed by atoms with Crippen LogP contribution < -0.4 is 14.8 Å². The van der Waals surface area contributed by atoms with Crippen LogP contribution in [0.4, 0.5) is 0 Å². The summed E-state index contributed by atoms with van der Waals surface area (Å²) in [5.74, 6) is 0.608. The lowest BCUT2D eigenvalue weighted by atomic mass is 10.1. The highest BCUT2D eigenvalue weighted by Crippen LogP contribution is 2.36. The lowest BCUT2D eigenvalue weighted by molar-refractivity contribution is 0.0929. The predicted octanol–water partition coefficient (Wildman–Crippen LogP) is 3.39. The molecule has 134 valence electrons. The summed E-state index contributed by atoms with van der Waals surface area (Å²) in [7, 11) is 6.95. The molecular formula is C19H23ClN2O3. The second kappa shape index (κ2) is 8.74. The molecule has 0 unspecified atom stereocenters. The molecule has 1 amide bonds. The molecule has 0 fully saturated rings. The van der Waals surface area contributed by atoms with E-state index in [1.165, 1.54) is 14.2 Å². The lowest BCUT2D eigenvalue weighted by Crippen LogP contribution is -2.35. The van der Waals surface area contributed by atoms with Crippen molar-refractivity contribution < 1.29 is 14.3 Å². The van der Waals surface area contributed by atoms with Crippen LogP contribution >= 0.6 is 11.6 Å². The molecule has 0 radical (unpaired) electrons. The Kier molecular flexibility index (Phi) is 6.67. The maximum absolute atomic E-state index is 12.7. The number of hydrogen-bond acceptors (Lipinski definition) is 4. The number of benzene rings is 2. The first kappa shape index (κ1) is 19.1. The van der Waals surface area contributed by atoms with E-state index in [9.17, 15) is 4.79 Å². The van der Waals surface area contributed by atoms with Gasteiger partial charge in [0.1, 0.15) is 0 Å². The smallest absolute Gasteiger partial charge is 0.252 e. The average molecular weight is 363 g/mol. The van der Waals surface area contributed by atoms with Gasteiger partial charge < -0.3 is 19.7 Å². The summed E-state index contributed by atoms with van der Waals surface area (Å²) < 4.78 is 10.5. The van der Waals surface area contributed by atoms with Gasteiger partial charge in [-0.2, -0.15) is 0 Å². The highest BCUT2D eigenvalue weighted by atomic mass is 35.5. The van der Waals surface area contributed by atoms with Crippen molar-refractivity contribution >= 4 is 17.5 Å². The van der Waals surface area contributed by atoms with Gasteiger partial charge in [0.05, 0.1) is 25.3 Å². The van der Waals surface area contributed by atoms with Gasteiger partial charge in [-0.1, -0.05) is 41.9 Å². The summed E-state index contributed by atoms with van der Waals surface area (Å²) in [5, 5.41) is 3.39. The third-order valence-electron chi connectivity index (χ3n) is 3.75. The second-order valence-electron chi connectivity index (χ2n) is 5.89. The summed E-state index contributed by atoms with van der Waals surface area (Å²) in [4.78, 5) is 14.8. The van der Waals surface area contributed by atoms with Crippen LogP contribution in [0.5, 0.6) is 11.5 Å². The number of rotatable bonds is 7. The number of amides is 1. The standard InChI is InChI=1S/C19H23ClN2O3/c1-22(2)12-16(13-8-6-5-7-9-13)21-19(23)14-10-15(20)18(25-4)17(11-14)24-3/h5-11,16H,12H2,1-4H3,(H,21,23)/t16-/m0/s1. The average Bonchev–Trinajstić information content (AvgIpc) is 2.60. The molecular weight excluding hydrogens is 340 g/mol. The zero-order valence-electron chi connectivity index (χ0n) is 14.9. The molecule has 1 atom stereocenters. The molecule has 0 aliphatic rings. The fourth-order valence-electron chi connectivity index (χ4n) is 2.58. The Morgan fingerprint density at radius 2 is 1.84 bits per heavy atom. The number of carbonyl (C=O) groups excluding carboxylic acids is 1. The minimum Gasteiger partial charge on any atom is -0.493 e. The molecule has 2 aromatic carbocycles. The van der Waals surface area contributed by atoms with Gasteiger partial charge in [-0.3, -0.25) is 4.79 Å². The predicted molar refractivity (Wildman–Crippen MR) is 99.8 cm³/mol. The van der Waals surface area contributed by atoms with E-state index in [0.29, 0.717) is 28.6 Å². The fourth-order valence-corrected chi connectivity index (χ4v) is 2.86. The van der Waals surface area contributed by atoms with Gasteiger partial charge in [-0.05, 0) is 31.8 Å². The van der Waals surface area contributed by atoms with Crippen molar-refractivity contribution in [2.24, 2.45) is 0 Å². The Balaban J connectivity index is 2.28. The lowest BCUT2D eigenvalue weighted by Gasteiger charge is -2.23. The minimum absolute atomic E-state index is 0.143. The monoisotopic (exact) mass is 362 g/mol. The molecule has 0 spiro atoms. The molecule has 2 rings (SSSR count). The van der Waals surface area contributed by atoms with Crippen LogP contribution in [0.2, 0.25) is 5.02 Å². The van der Waals surface area contributed by atoms with Gasteiger partial charge in [0.25, 0.3) is 5.91 Å². The molecule has 0 bridgehead atoms. The Hall–Kier alpha value is -2.24. The topological polar surface area (TPSA) is 50.8 Å². The van der Waals surface area contributed by atoms with Crippen molar-refractivity contribution in [1.82, 2.24) is 10.2 Å². The van der Waals surface area contributed by atoms with E-state index in [-0.39, 0.29) is 11.9 Å². The van der Waals surface area contributed by atoms with Gasteiger partial charge in [0.2, 0.25) is 0 Å². The number of carbonyl (C=O) groups is 1. The highest BCUT2D eigenvalue weighted by molar-refractivity contribution is 6.32. The van der Waals surface area contributed by atoms with Crippen LogP contribution in [0.3, 0.4) is 0 Å². The number of methoxy groups -OCH3 is 2. The van der Waals surface area contributed by atoms with Gasteiger partial charge in [0.15, 0.2) is 11.5 Å². The molecule has 5 nitrogen and oxygen atoms in total. The Morgan fingerprint density at radius 1 is 1.16 bits per heavy atom. The van der Waals surface area contributed by atoms with E-state index < -0.39 is 0 Å². The molecule has 6 heteroatoms. The van der Waals surface area contributed by atoms with E-state index in [1.54, 1.807) is 12.1 Å². The molecule has 25 heavy (non-hydrogen) atoms. The number of nitrogens with zero attached hydrogens (tertiary/aromatic N) is 1. The Morgan fingerprint density at radius 3 is 2.40 bits per heavy atom. The molecule has 0 aliphatic carbocycles. The van der Waals surface area contributed by atoms with Crippen molar-refractivity contribution in [3.05, 3.63) is 58.6 Å².